The predicted octanol–water partition coefficient (Wildman–Crippen LogP) is 9.01. The van der Waals surface area contributed by atoms with Crippen LogP contribution in [0.1, 0.15) is 83.1 Å². The zero-order chi connectivity index (χ0) is 41.2. The fourth-order valence-corrected chi connectivity index (χ4v) is 9.28. The van der Waals surface area contributed by atoms with Gasteiger partial charge in [0.2, 0.25) is 5.91 Å². The Balaban J connectivity index is 1.20. The van der Waals surface area contributed by atoms with Gasteiger partial charge in [-0.3, -0.25) is 9.59 Å². The Kier molecular flexibility index (Phi) is 13.2. The Bertz CT molecular complexity index is 1890. The van der Waals surface area contributed by atoms with E-state index in [9.17, 15) is 35.9 Å². The van der Waals surface area contributed by atoms with Crippen molar-refractivity contribution in [3.63, 3.8) is 0 Å². The summed E-state index contributed by atoms with van der Waals surface area (Å²) < 4.78 is 88.7. The van der Waals surface area contributed by atoms with Crippen molar-refractivity contribution in [1.82, 2.24) is 14.7 Å². The highest BCUT2D eigenvalue weighted by atomic mass is 35.5. The van der Waals surface area contributed by atoms with E-state index in [1.165, 1.54) is 16.0 Å². The molecule has 15 heteroatoms. The summed E-state index contributed by atoms with van der Waals surface area (Å²) in [6.07, 6.45) is -4.66. The molecule has 2 fully saturated rings. The Morgan fingerprint density at radius 2 is 1.60 bits per heavy atom. The molecule has 0 aromatic heterocycles. The number of ether oxygens (including phenoxy) is 1. The third-order valence-corrected chi connectivity index (χ3v) is 12.9. The van der Waals surface area contributed by atoms with Gasteiger partial charge in [-0.2, -0.15) is 26.3 Å². The van der Waals surface area contributed by atoms with Gasteiger partial charge in [0, 0.05) is 50.7 Å². The Morgan fingerprint density at radius 3 is 2.25 bits per heavy atom. The average molecular weight is 843 g/mol. The molecule has 310 valence electrons. The highest BCUT2D eigenvalue weighted by molar-refractivity contribution is 6.42. The maximum absolute atomic E-state index is 13.8. The summed E-state index contributed by atoms with van der Waals surface area (Å²) in [6.45, 7) is 2.49. The van der Waals surface area contributed by atoms with E-state index in [2.05, 4.69) is 23.1 Å². The molecule has 57 heavy (non-hydrogen) atoms. The molecule has 3 aliphatic rings. The van der Waals surface area contributed by atoms with Gasteiger partial charge in [0.15, 0.2) is 0 Å². The molecule has 2 amide bonds. The van der Waals surface area contributed by atoms with Crippen LogP contribution < -0.4 is 0 Å². The number of nitrogens with zero attached hydrogens (tertiary/aromatic N) is 3. The van der Waals surface area contributed by atoms with Gasteiger partial charge in [-0.05, 0) is 111 Å². The minimum Gasteiger partial charge on any atom is -0.396 e. The summed E-state index contributed by atoms with van der Waals surface area (Å²) in [4.78, 5) is 32.2. The van der Waals surface area contributed by atoms with Gasteiger partial charge in [-0.1, -0.05) is 53.5 Å². The van der Waals surface area contributed by atoms with E-state index in [1.807, 2.05) is 13.1 Å². The van der Waals surface area contributed by atoms with Gasteiger partial charge < -0.3 is 24.5 Å². The molecule has 0 saturated carbocycles. The Morgan fingerprint density at radius 1 is 0.912 bits per heavy atom. The number of aliphatic hydroxyl groups excluding tert-OH is 1. The van der Waals surface area contributed by atoms with Crippen molar-refractivity contribution in [2.24, 2.45) is 5.92 Å². The molecule has 2 saturated heterocycles. The van der Waals surface area contributed by atoms with Crippen LogP contribution in [0.4, 0.5) is 26.3 Å². The number of hydrogen-bond acceptors (Lipinski definition) is 5. The van der Waals surface area contributed by atoms with Gasteiger partial charge in [-0.25, -0.2) is 0 Å². The van der Waals surface area contributed by atoms with Crippen molar-refractivity contribution in [1.29, 1.82) is 0 Å². The minimum atomic E-state index is -5.10. The number of alkyl halides is 6. The molecular formula is C42H47Cl2F6N3O4. The summed E-state index contributed by atoms with van der Waals surface area (Å²) in [5.41, 5.74) is -1.92. The second kappa shape index (κ2) is 17.5. The SMILES string of the molecule is CN(CCCCO)C(=O)CCC1Cc2ccccc2C12CCN(CC[C@@]1(c3ccc(Cl)c(Cl)c3)CN(C(=O)c3cc(C(F)(F)F)cc(C(F)(F)F)c3)CCO1)CC2. The predicted molar refractivity (Wildman–Crippen MR) is 205 cm³/mol. The summed E-state index contributed by atoms with van der Waals surface area (Å²) in [5.74, 6) is -0.595. The van der Waals surface area contributed by atoms with Crippen LogP contribution in [0.25, 0.3) is 0 Å². The first-order valence-electron chi connectivity index (χ1n) is 19.3. The highest BCUT2D eigenvalue weighted by Crippen LogP contribution is 2.52. The smallest absolute Gasteiger partial charge is 0.396 e. The van der Waals surface area contributed by atoms with E-state index in [1.54, 1.807) is 23.1 Å². The van der Waals surface area contributed by atoms with Gasteiger partial charge in [0.05, 0.1) is 34.3 Å². The van der Waals surface area contributed by atoms with Crippen molar-refractivity contribution < 1.29 is 45.8 Å². The van der Waals surface area contributed by atoms with Crippen LogP contribution in [0.15, 0.2) is 60.7 Å². The standard InChI is InChI=1S/C42H47Cl2F6N3O4/c1-51(15-4-5-20-54)37(55)11-9-30-22-28-6-2-3-7-34(28)39(30)12-16-52(17-13-39)18-14-40(31-8-10-35(43)36(44)26-31)27-53(19-21-57-40)38(56)29-23-32(41(45,46)47)25-33(24-29)42(48,49)50/h2-3,6-8,10,23-26,30,54H,4-5,9,11-22,27H2,1H3/t30?,40-/m0/s1. The number of rotatable bonds is 12. The van der Waals surface area contributed by atoms with E-state index in [0.29, 0.717) is 50.0 Å². The van der Waals surface area contributed by atoms with Crippen molar-refractivity contribution in [3.8, 4) is 0 Å². The van der Waals surface area contributed by atoms with Crippen LogP contribution in [0.3, 0.4) is 0 Å². The molecule has 2 heterocycles. The first-order valence-corrected chi connectivity index (χ1v) is 20.1. The number of unbranched alkanes of at least 4 members (excludes halogenated alkanes) is 1. The van der Waals surface area contributed by atoms with Crippen LogP contribution in [0.5, 0.6) is 0 Å². The molecule has 0 bridgehead atoms. The molecule has 1 unspecified atom stereocenters. The molecule has 3 aromatic carbocycles. The van der Waals surface area contributed by atoms with Crippen molar-refractivity contribution in [3.05, 3.63) is 104 Å². The summed E-state index contributed by atoms with van der Waals surface area (Å²) in [7, 11) is 1.81. The molecule has 2 aliphatic heterocycles. The van der Waals surface area contributed by atoms with E-state index in [-0.39, 0.29) is 59.7 Å². The van der Waals surface area contributed by atoms with Crippen LogP contribution in [-0.4, -0.2) is 91.2 Å². The molecular weight excluding hydrogens is 795 g/mol. The lowest BCUT2D eigenvalue weighted by Gasteiger charge is -2.47. The molecule has 1 N–H and O–H groups in total. The zero-order valence-electron chi connectivity index (χ0n) is 31.7. The minimum absolute atomic E-state index is 0.00590. The second-order valence-corrected chi connectivity index (χ2v) is 16.4. The number of fused-ring (bicyclic) bond motifs is 2. The summed E-state index contributed by atoms with van der Waals surface area (Å²) in [5, 5.41) is 9.64. The quantitative estimate of drug-likeness (QED) is 0.146. The first kappa shape index (κ1) is 43.2. The van der Waals surface area contributed by atoms with E-state index < -0.39 is 40.6 Å². The van der Waals surface area contributed by atoms with E-state index in [4.69, 9.17) is 33.0 Å². The highest BCUT2D eigenvalue weighted by Gasteiger charge is 2.49. The van der Waals surface area contributed by atoms with Gasteiger partial charge >= 0.3 is 12.4 Å². The molecule has 3 aromatic rings. The molecule has 6 rings (SSSR count). The van der Waals surface area contributed by atoms with Crippen LogP contribution >= 0.6 is 23.2 Å². The number of carbonyl (C=O) groups is 2. The van der Waals surface area contributed by atoms with Crippen LogP contribution in [0.2, 0.25) is 10.0 Å². The lowest BCUT2D eigenvalue weighted by atomic mass is 9.66. The largest absolute Gasteiger partial charge is 0.416 e. The lowest BCUT2D eigenvalue weighted by Crippen LogP contribution is -2.53. The number of morpholine rings is 1. The number of carbonyl (C=O) groups excluding carboxylic acids is 2. The van der Waals surface area contributed by atoms with E-state index >= 15 is 0 Å². The lowest BCUT2D eigenvalue weighted by molar-refractivity contribution is -0.143. The fourth-order valence-electron chi connectivity index (χ4n) is 8.98. The Labute approximate surface area is 338 Å². The number of likely N-dealkylation sites (tertiary alicyclic amines) is 1. The number of aliphatic hydroxyl groups is 1. The fraction of sp³-hybridized carbons (Fsp3) is 0.524. The van der Waals surface area contributed by atoms with Gasteiger partial charge in [0.25, 0.3) is 5.91 Å². The normalized spacial score (nSPS) is 21.2. The maximum Gasteiger partial charge on any atom is 0.416 e. The second-order valence-electron chi connectivity index (χ2n) is 15.6. The van der Waals surface area contributed by atoms with E-state index in [0.717, 1.165) is 45.2 Å². The third-order valence-electron chi connectivity index (χ3n) is 12.2. The van der Waals surface area contributed by atoms with Gasteiger partial charge in [0.1, 0.15) is 5.60 Å². The molecule has 0 radical (unpaired) electrons. The number of amides is 2. The molecule has 2 atom stereocenters. The number of hydrogen-bond donors (Lipinski definition) is 1. The average Bonchev–Trinajstić information content (AvgIpc) is 3.48. The first-order chi connectivity index (χ1) is 27.0. The topological polar surface area (TPSA) is 73.3 Å². The van der Waals surface area contributed by atoms with Crippen molar-refractivity contribution in [2.45, 2.75) is 74.7 Å². The van der Waals surface area contributed by atoms with Gasteiger partial charge in [-0.15, -0.1) is 0 Å². The number of piperidine rings is 1. The summed E-state index contributed by atoms with van der Waals surface area (Å²) >= 11 is 12.7. The van der Waals surface area contributed by atoms with Crippen molar-refractivity contribution in [2.75, 3.05) is 59.5 Å². The monoisotopic (exact) mass is 841 g/mol. The number of benzene rings is 3. The van der Waals surface area contributed by atoms with Crippen LogP contribution in [0, 0.1) is 5.92 Å². The maximum atomic E-state index is 13.8. The Hall–Kier alpha value is -3.36. The van der Waals surface area contributed by atoms with Crippen molar-refractivity contribution >= 4 is 35.0 Å². The molecule has 1 spiro atoms. The molecule has 7 nitrogen and oxygen atoms in total. The zero-order valence-corrected chi connectivity index (χ0v) is 33.2. The summed E-state index contributed by atoms with van der Waals surface area (Å²) in [6, 6.07) is 14.3. The third kappa shape index (κ3) is 9.59. The molecule has 1 aliphatic carbocycles. The number of halogens is 8. The van der Waals surface area contributed by atoms with Crippen LogP contribution in [-0.2, 0) is 39.3 Å².